The molecule has 1 aliphatic heterocycles. The van der Waals surface area contributed by atoms with Crippen LogP contribution in [0.1, 0.15) is 6.42 Å². The highest BCUT2D eigenvalue weighted by atomic mass is 19.4. The van der Waals surface area contributed by atoms with E-state index >= 15 is 0 Å². The molecule has 1 amide bonds. The molecular formula is C7H10F3N2O2-. The molecular weight excluding hydrogens is 201 g/mol. The number of nitrogens with one attached hydrogen (secondary N) is 2. The molecule has 0 aromatic rings. The van der Waals surface area contributed by atoms with E-state index in [-0.39, 0.29) is 19.5 Å². The lowest BCUT2D eigenvalue weighted by atomic mass is 9.95. The highest BCUT2D eigenvalue weighted by Crippen LogP contribution is 2.30. The normalized spacial score (nSPS) is 28.5. The average molecular weight is 211 g/mol. The molecule has 0 aromatic carbocycles. The predicted octanol–water partition coefficient (Wildman–Crippen LogP) is -0.540. The zero-order chi connectivity index (χ0) is 10.8. The number of carboxylic acid groups (broad SMARTS) is 1. The fourth-order valence-electron chi connectivity index (χ4n) is 1.47. The molecule has 2 N–H and O–H groups in total. The molecule has 1 rings (SSSR count). The number of hydrogen-bond donors (Lipinski definition) is 2. The van der Waals surface area contributed by atoms with Gasteiger partial charge in [0.1, 0.15) is 6.09 Å². The molecule has 1 heterocycles. The summed E-state index contributed by atoms with van der Waals surface area (Å²) in [5.74, 6) is -1.49. The molecule has 7 heteroatoms. The second kappa shape index (κ2) is 4.04. The third-order valence-electron chi connectivity index (χ3n) is 2.14. The van der Waals surface area contributed by atoms with Gasteiger partial charge in [-0.15, -0.1) is 0 Å². The predicted molar refractivity (Wildman–Crippen MR) is 39.4 cm³/mol. The van der Waals surface area contributed by atoms with Crippen molar-refractivity contribution in [3.8, 4) is 0 Å². The van der Waals surface area contributed by atoms with E-state index in [2.05, 4.69) is 5.32 Å². The summed E-state index contributed by atoms with van der Waals surface area (Å²) >= 11 is 0. The maximum Gasteiger partial charge on any atom is 0.393 e. The second-order valence-electron chi connectivity index (χ2n) is 3.26. The quantitative estimate of drug-likeness (QED) is 0.612. The van der Waals surface area contributed by atoms with Gasteiger partial charge in [0.25, 0.3) is 0 Å². The van der Waals surface area contributed by atoms with Gasteiger partial charge in [-0.25, -0.2) is 0 Å². The summed E-state index contributed by atoms with van der Waals surface area (Å²) in [7, 11) is 0. The van der Waals surface area contributed by atoms with E-state index in [1.54, 1.807) is 0 Å². The molecule has 0 bridgehead atoms. The van der Waals surface area contributed by atoms with Crippen LogP contribution in [0.5, 0.6) is 0 Å². The molecule has 0 saturated carbocycles. The Hall–Kier alpha value is -0.980. The fourth-order valence-corrected chi connectivity index (χ4v) is 1.47. The maximum atomic E-state index is 12.2. The van der Waals surface area contributed by atoms with Gasteiger partial charge in [0.2, 0.25) is 0 Å². The summed E-state index contributed by atoms with van der Waals surface area (Å²) in [6.07, 6.45) is -6.05. The molecule has 0 spiro atoms. The highest BCUT2D eigenvalue weighted by Gasteiger charge is 2.42. The van der Waals surface area contributed by atoms with Gasteiger partial charge in [0.05, 0.1) is 5.92 Å². The van der Waals surface area contributed by atoms with Gasteiger partial charge in [-0.2, -0.15) is 13.2 Å². The van der Waals surface area contributed by atoms with Crippen molar-refractivity contribution in [2.75, 3.05) is 13.1 Å². The SMILES string of the molecule is O=C([O-])NC1CNCC(C(F)(F)F)C1. The molecule has 1 saturated heterocycles. The number of halogens is 3. The van der Waals surface area contributed by atoms with Crippen LogP contribution in [0.15, 0.2) is 0 Å². The standard InChI is InChI=1S/C7H11F3N2O2/c8-7(9,10)4-1-5(3-11-2-4)12-6(13)14/h4-5,11-12H,1-3H2,(H,13,14)/p-1. The summed E-state index contributed by atoms with van der Waals surface area (Å²) in [6, 6.07) is -0.722. The van der Waals surface area contributed by atoms with Gasteiger partial charge in [0.15, 0.2) is 0 Å². The number of carbonyl (C=O) groups is 1. The van der Waals surface area contributed by atoms with Crippen molar-refractivity contribution >= 4 is 6.09 Å². The monoisotopic (exact) mass is 211 g/mol. The van der Waals surface area contributed by atoms with Crippen LogP contribution in [0.4, 0.5) is 18.0 Å². The van der Waals surface area contributed by atoms with E-state index in [0.717, 1.165) is 0 Å². The van der Waals surface area contributed by atoms with Crippen molar-refractivity contribution in [2.24, 2.45) is 5.92 Å². The Morgan fingerprint density at radius 3 is 2.57 bits per heavy atom. The number of amides is 1. The smallest absolute Gasteiger partial charge is 0.393 e. The molecule has 0 aromatic heterocycles. The van der Waals surface area contributed by atoms with Gasteiger partial charge >= 0.3 is 6.18 Å². The van der Waals surface area contributed by atoms with Crippen molar-refractivity contribution in [3.05, 3.63) is 0 Å². The van der Waals surface area contributed by atoms with Crippen LogP contribution < -0.4 is 15.7 Å². The largest absolute Gasteiger partial charge is 0.530 e. The Kier molecular flexibility index (Phi) is 3.20. The van der Waals surface area contributed by atoms with E-state index < -0.39 is 24.2 Å². The Morgan fingerprint density at radius 1 is 1.43 bits per heavy atom. The summed E-state index contributed by atoms with van der Waals surface area (Å²) < 4.78 is 36.7. The van der Waals surface area contributed by atoms with Crippen molar-refractivity contribution in [1.82, 2.24) is 10.6 Å². The van der Waals surface area contributed by atoms with Gasteiger partial charge in [-0.05, 0) is 6.42 Å². The third-order valence-corrected chi connectivity index (χ3v) is 2.14. The van der Waals surface area contributed by atoms with Crippen LogP contribution in [-0.2, 0) is 0 Å². The zero-order valence-corrected chi connectivity index (χ0v) is 7.23. The Labute approximate surface area is 78.5 Å². The lowest BCUT2D eigenvalue weighted by molar-refractivity contribution is -0.252. The first kappa shape index (κ1) is 11.1. The number of rotatable bonds is 1. The average Bonchev–Trinajstić information content (AvgIpc) is 2.01. The zero-order valence-electron chi connectivity index (χ0n) is 7.23. The molecule has 14 heavy (non-hydrogen) atoms. The molecule has 2 unspecified atom stereocenters. The molecule has 1 aliphatic rings. The summed E-state index contributed by atoms with van der Waals surface area (Å²) in [5.41, 5.74) is 0. The minimum Gasteiger partial charge on any atom is -0.530 e. The minimum atomic E-state index is -4.28. The first-order valence-corrected chi connectivity index (χ1v) is 4.14. The Bertz CT molecular complexity index is 219. The number of hydrogen-bond acceptors (Lipinski definition) is 3. The molecule has 4 nitrogen and oxygen atoms in total. The van der Waals surface area contributed by atoms with E-state index in [1.807, 2.05) is 5.32 Å². The summed E-state index contributed by atoms with van der Waals surface area (Å²) in [6.45, 7) is 0.0509. The van der Waals surface area contributed by atoms with Crippen molar-refractivity contribution < 1.29 is 23.1 Å². The molecule has 2 atom stereocenters. The number of piperidine rings is 1. The van der Waals surface area contributed by atoms with Crippen LogP contribution in [0, 0.1) is 5.92 Å². The van der Waals surface area contributed by atoms with E-state index in [4.69, 9.17) is 0 Å². The fraction of sp³-hybridized carbons (Fsp3) is 0.857. The van der Waals surface area contributed by atoms with Gasteiger partial charge in [-0.3, -0.25) is 0 Å². The molecule has 82 valence electrons. The molecule has 1 fully saturated rings. The van der Waals surface area contributed by atoms with Crippen molar-refractivity contribution in [3.63, 3.8) is 0 Å². The van der Waals surface area contributed by atoms with E-state index in [1.165, 1.54) is 0 Å². The summed E-state index contributed by atoms with van der Waals surface area (Å²) in [5, 5.41) is 14.5. The van der Waals surface area contributed by atoms with E-state index in [9.17, 15) is 23.1 Å². The summed E-state index contributed by atoms with van der Waals surface area (Å²) in [4.78, 5) is 10.1. The van der Waals surface area contributed by atoms with Gasteiger partial charge in [-0.1, -0.05) is 0 Å². The molecule has 0 radical (unpaired) electrons. The van der Waals surface area contributed by atoms with Crippen LogP contribution in [0.2, 0.25) is 0 Å². The third kappa shape index (κ3) is 3.06. The first-order chi connectivity index (χ1) is 6.39. The number of alkyl halides is 3. The Morgan fingerprint density at radius 2 is 2.07 bits per heavy atom. The minimum absolute atomic E-state index is 0.158. The van der Waals surface area contributed by atoms with Crippen LogP contribution in [0.25, 0.3) is 0 Å². The maximum absolute atomic E-state index is 12.2. The topological polar surface area (TPSA) is 64.2 Å². The second-order valence-corrected chi connectivity index (χ2v) is 3.26. The van der Waals surface area contributed by atoms with Gasteiger partial charge in [0, 0.05) is 19.1 Å². The van der Waals surface area contributed by atoms with Crippen LogP contribution in [-0.4, -0.2) is 31.4 Å². The Balaban J connectivity index is 2.48. The van der Waals surface area contributed by atoms with E-state index in [0.29, 0.717) is 0 Å². The van der Waals surface area contributed by atoms with Crippen LogP contribution in [0.3, 0.4) is 0 Å². The highest BCUT2D eigenvalue weighted by molar-refractivity contribution is 5.62. The lowest BCUT2D eigenvalue weighted by Crippen LogP contribution is -2.54. The van der Waals surface area contributed by atoms with Gasteiger partial charge < -0.3 is 20.5 Å². The number of carbonyl (C=O) groups excluding carboxylic acids is 1. The lowest BCUT2D eigenvalue weighted by Gasteiger charge is -2.32. The van der Waals surface area contributed by atoms with Crippen molar-refractivity contribution in [2.45, 2.75) is 18.6 Å². The molecule has 0 aliphatic carbocycles. The van der Waals surface area contributed by atoms with Crippen LogP contribution >= 0.6 is 0 Å². The first-order valence-electron chi connectivity index (χ1n) is 4.14. The van der Waals surface area contributed by atoms with Crippen molar-refractivity contribution in [1.29, 1.82) is 0 Å².